The summed E-state index contributed by atoms with van der Waals surface area (Å²) in [7, 11) is 0. The first-order valence-electron chi connectivity index (χ1n) is 5.97. The second-order valence-corrected chi connectivity index (χ2v) is 7.80. The maximum absolute atomic E-state index is 4.84. The van der Waals surface area contributed by atoms with Crippen LogP contribution >= 0.6 is 50.3 Å². The second kappa shape index (κ2) is 6.13. The fraction of sp³-hybridized carbons (Fsp3) is 0.462. The summed E-state index contributed by atoms with van der Waals surface area (Å²) in [5, 5.41) is 4.48. The van der Waals surface area contributed by atoms with Gasteiger partial charge >= 0.3 is 0 Å². The van der Waals surface area contributed by atoms with Gasteiger partial charge in [-0.2, -0.15) is 0 Å². The van der Waals surface area contributed by atoms with Gasteiger partial charge in [-0.25, -0.2) is 0 Å². The molecule has 1 aliphatic rings. The van der Waals surface area contributed by atoms with E-state index in [2.05, 4.69) is 75.9 Å². The SMILES string of the molecule is CCC1(C)CCSC(Nc2cc(I)ccc2Br)=N1. The van der Waals surface area contributed by atoms with Crippen LogP contribution in [-0.2, 0) is 0 Å². The Kier molecular flexibility index (Phi) is 4.99. The molecule has 18 heavy (non-hydrogen) atoms. The zero-order valence-corrected chi connectivity index (χ0v) is 15.0. The van der Waals surface area contributed by atoms with Crippen LogP contribution in [0, 0.1) is 3.57 Å². The molecule has 1 N–H and O–H groups in total. The molecule has 0 fully saturated rings. The van der Waals surface area contributed by atoms with E-state index in [1.807, 2.05) is 0 Å². The molecule has 0 saturated heterocycles. The number of hydrogen-bond acceptors (Lipinski definition) is 3. The Morgan fingerprint density at radius 3 is 3.06 bits per heavy atom. The van der Waals surface area contributed by atoms with Gasteiger partial charge < -0.3 is 5.32 Å². The number of nitrogens with one attached hydrogen (secondary N) is 1. The molecule has 0 radical (unpaired) electrons. The van der Waals surface area contributed by atoms with E-state index in [1.54, 1.807) is 11.8 Å². The molecule has 1 aromatic rings. The third-order valence-electron chi connectivity index (χ3n) is 3.18. The van der Waals surface area contributed by atoms with Crippen molar-refractivity contribution in [3.63, 3.8) is 0 Å². The molecule has 1 atom stereocenters. The highest BCUT2D eigenvalue weighted by molar-refractivity contribution is 14.1. The molecule has 0 spiro atoms. The van der Waals surface area contributed by atoms with Gasteiger partial charge in [0.1, 0.15) is 0 Å². The van der Waals surface area contributed by atoms with Crippen molar-refractivity contribution in [2.45, 2.75) is 32.2 Å². The van der Waals surface area contributed by atoms with Crippen molar-refractivity contribution in [1.29, 1.82) is 0 Å². The van der Waals surface area contributed by atoms with Crippen LogP contribution in [0.1, 0.15) is 26.7 Å². The highest BCUT2D eigenvalue weighted by atomic mass is 127. The topological polar surface area (TPSA) is 24.4 Å². The summed E-state index contributed by atoms with van der Waals surface area (Å²) in [6, 6.07) is 6.28. The number of aliphatic imine (C=N–C) groups is 1. The third-order valence-corrected chi connectivity index (χ3v) is 5.42. The van der Waals surface area contributed by atoms with Gasteiger partial charge in [-0.3, -0.25) is 4.99 Å². The van der Waals surface area contributed by atoms with E-state index >= 15 is 0 Å². The summed E-state index contributed by atoms with van der Waals surface area (Å²) < 4.78 is 2.30. The van der Waals surface area contributed by atoms with Gasteiger partial charge in [-0.1, -0.05) is 18.7 Å². The lowest BCUT2D eigenvalue weighted by atomic mass is 9.97. The molecule has 0 aliphatic carbocycles. The van der Waals surface area contributed by atoms with E-state index in [0.717, 1.165) is 33.9 Å². The minimum absolute atomic E-state index is 0.0992. The lowest BCUT2D eigenvalue weighted by molar-refractivity contribution is 0.443. The zero-order chi connectivity index (χ0) is 13.2. The van der Waals surface area contributed by atoms with Crippen molar-refractivity contribution in [1.82, 2.24) is 0 Å². The number of hydrogen-bond donors (Lipinski definition) is 1. The van der Waals surface area contributed by atoms with Crippen molar-refractivity contribution in [3.05, 3.63) is 26.2 Å². The molecule has 0 aromatic heterocycles. The van der Waals surface area contributed by atoms with Crippen LogP contribution in [0.3, 0.4) is 0 Å². The maximum Gasteiger partial charge on any atom is 0.161 e. The molecule has 1 aliphatic heterocycles. The molecule has 0 amide bonds. The summed E-state index contributed by atoms with van der Waals surface area (Å²) in [6.45, 7) is 4.44. The van der Waals surface area contributed by atoms with Gasteiger partial charge in [0.15, 0.2) is 5.17 Å². The fourth-order valence-electron chi connectivity index (χ4n) is 1.73. The molecule has 2 nitrogen and oxygen atoms in total. The minimum Gasteiger partial charge on any atom is -0.334 e. The maximum atomic E-state index is 4.84. The Morgan fingerprint density at radius 2 is 2.33 bits per heavy atom. The standard InChI is InChI=1S/C13H16BrIN2S/c1-3-13(2)6-7-18-12(17-13)16-11-8-9(15)4-5-10(11)14/h4-5,8H,3,6-7H2,1-2H3,(H,16,17). The molecule has 1 unspecified atom stereocenters. The fourth-order valence-corrected chi connectivity index (χ4v) is 3.77. The number of amidine groups is 1. The van der Waals surface area contributed by atoms with Crippen molar-refractivity contribution in [2.24, 2.45) is 4.99 Å². The van der Waals surface area contributed by atoms with Crippen LogP contribution in [0.2, 0.25) is 0 Å². The van der Waals surface area contributed by atoms with Crippen LogP contribution in [0.4, 0.5) is 5.69 Å². The lowest BCUT2D eigenvalue weighted by Crippen LogP contribution is -2.29. The number of benzene rings is 1. The van der Waals surface area contributed by atoms with E-state index in [9.17, 15) is 0 Å². The van der Waals surface area contributed by atoms with Crippen molar-refractivity contribution >= 4 is 61.1 Å². The number of thioether (sulfide) groups is 1. The van der Waals surface area contributed by atoms with Crippen LogP contribution in [0.15, 0.2) is 27.7 Å². The summed E-state index contributed by atoms with van der Waals surface area (Å²) in [5.74, 6) is 1.14. The summed E-state index contributed by atoms with van der Waals surface area (Å²) >= 11 is 7.70. The normalized spacial score (nSPS) is 23.7. The van der Waals surface area contributed by atoms with E-state index in [1.165, 1.54) is 3.57 Å². The molecule has 0 bridgehead atoms. The monoisotopic (exact) mass is 438 g/mol. The van der Waals surface area contributed by atoms with Gasteiger partial charge in [0, 0.05) is 13.8 Å². The predicted octanol–water partition coefficient (Wildman–Crippen LogP) is 5.13. The zero-order valence-electron chi connectivity index (χ0n) is 10.5. The van der Waals surface area contributed by atoms with Crippen molar-refractivity contribution in [2.75, 3.05) is 11.1 Å². The van der Waals surface area contributed by atoms with Crippen LogP contribution in [-0.4, -0.2) is 16.5 Å². The van der Waals surface area contributed by atoms with Gasteiger partial charge in [0.05, 0.1) is 11.2 Å². The molecule has 98 valence electrons. The molecule has 0 saturated carbocycles. The van der Waals surface area contributed by atoms with Crippen LogP contribution in [0.25, 0.3) is 0 Å². The number of halogens is 2. The average Bonchev–Trinajstić information content (AvgIpc) is 2.34. The second-order valence-electron chi connectivity index (χ2n) is 4.62. The van der Waals surface area contributed by atoms with E-state index in [4.69, 9.17) is 4.99 Å². The largest absolute Gasteiger partial charge is 0.334 e. The molecule has 2 rings (SSSR count). The molecule has 5 heteroatoms. The lowest BCUT2D eigenvalue weighted by Gasteiger charge is -2.29. The molecule has 1 aromatic carbocycles. The smallest absolute Gasteiger partial charge is 0.161 e. The van der Waals surface area contributed by atoms with Crippen LogP contribution < -0.4 is 5.32 Å². The molecular weight excluding hydrogens is 423 g/mol. The summed E-state index contributed by atoms with van der Waals surface area (Å²) in [5.41, 5.74) is 1.19. The highest BCUT2D eigenvalue weighted by Gasteiger charge is 2.26. The minimum atomic E-state index is 0.0992. The van der Waals surface area contributed by atoms with E-state index in [-0.39, 0.29) is 5.54 Å². The van der Waals surface area contributed by atoms with Gasteiger partial charge in [0.2, 0.25) is 0 Å². The quantitative estimate of drug-likeness (QED) is 0.647. The summed E-state index contributed by atoms with van der Waals surface area (Å²) in [4.78, 5) is 4.84. The number of rotatable bonds is 2. The predicted molar refractivity (Wildman–Crippen MR) is 93.7 cm³/mol. The Bertz CT molecular complexity index is 478. The molecule has 1 heterocycles. The van der Waals surface area contributed by atoms with Gasteiger partial charge in [-0.05, 0) is 76.5 Å². The Labute approximate surface area is 135 Å². The number of anilines is 1. The van der Waals surface area contributed by atoms with Crippen molar-refractivity contribution in [3.8, 4) is 0 Å². The Hall–Kier alpha value is 0.250. The first-order chi connectivity index (χ1) is 8.52. The van der Waals surface area contributed by atoms with Crippen molar-refractivity contribution < 1.29 is 0 Å². The van der Waals surface area contributed by atoms with E-state index < -0.39 is 0 Å². The third kappa shape index (κ3) is 3.63. The van der Waals surface area contributed by atoms with E-state index in [0.29, 0.717) is 0 Å². The van der Waals surface area contributed by atoms with Gasteiger partial charge in [0.25, 0.3) is 0 Å². The van der Waals surface area contributed by atoms with Gasteiger partial charge in [-0.15, -0.1) is 0 Å². The first kappa shape index (κ1) is 14.7. The Morgan fingerprint density at radius 1 is 1.56 bits per heavy atom. The number of nitrogens with zero attached hydrogens (tertiary/aromatic N) is 1. The summed E-state index contributed by atoms with van der Waals surface area (Å²) in [6.07, 6.45) is 2.25. The van der Waals surface area contributed by atoms with Crippen LogP contribution in [0.5, 0.6) is 0 Å². The molecular formula is C13H16BrIN2S. The first-order valence-corrected chi connectivity index (χ1v) is 8.83. The Balaban J connectivity index is 2.21. The average molecular weight is 439 g/mol. The highest BCUT2D eigenvalue weighted by Crippen LogP contribution is 2.31.